The van der Waals surface area contributed by atoms with Crippen LogP contribution < -0.4 is 5.32 Å². The number of ether oxygens (including phenoxy) is 1. The zero-order chi connectivity index (χ0) is 10.5. The average Bonchev–Trinajstić information content (AvgIpc) is 2.90. The first-order valence-electron chi connectivity index (χ1n) is 6.37. The average molecular weight is 212 g/mol. The molecule has 1 aliphatic heterocycles. The molecule has 1 saturated carbocycles. The van der Waals surface area contributed by atoms with Crippen molar-refractivity contribution in [3.8, 4) is 0 Å². The first-order chi connectivity index (χ1) is 7.36. The van der Waals surface area contributed by atoms with E-state index < -0.39 is 0 Å². The fraction of sp³-hybridized carbons (Fsp3) is 1.00. The van der Waals surface area contributed by atoms with Gasteiger partial charge in [0.15, 0.2) is 0 Å². The van der Waals surface area contributed by atoms with Crippen molar-refractivity contribution in [1.29, 1.82) is 0 Å². The molecule has 3 nitrogen and oxygen atoms in total. The standard InChI is InChI=1S/C12H24N2O/c1-14(12-6-9-15-10-12)8-7-13-11-4-2-3-5-11/h11-13H,2-10H2,1H3. The van der Waals surface area contributed by atoms with Crippen molar-refractivity contribution in [3.05, 3.63) is 0 Å². The van der Waals surface area contributed by atoms with Crippen LogP contribution in [-0.2, 0) is 4.74 Å². The molecule has 0 radical (unpaired) electrons. The highest BCUT2D eigenvalue weighted by Crippen LogP contribution is 2.17. The molecule has 2 rings (SSSR count). The molecule has 0 aromatic carbocycles. The molecular weight excluding hydrogens is 188 g/mol. The van der Waals surface area contributed by atoms with Crippen LogP contribution >= 0.6 is 0 Å². The number of hydrogen-bond acceptors (Lipinski definition) is 3. The largest absolute Gasteiger partial charge is 0.380 e. The maximum atomic E-state index is 5.40. The van der Waals surface area contributed by atoms with Crippen LogP contribution in [0.15, 0.2) is 0 Å². The van der Waals surface area contributed by atoms with Gasteiger partial charge in [0.1, 0.15) is 0 Å². The van der Waals surface area contributed by atoms with Gasteiger partial charge in [0, 0.05) is 31.8 Å². The van der Waals surface area contributed by atoms with Crippen molar-refractivity contribution < 1.29 is 4.74 Å². The van der Waals surface area contributed by atoms with E-state index in [-0.39, 0.29) is 0 Å². The molecule has 1 aliphatic carbocycles. The van der Waals surface area contributed by atoms with Crippen LogP contribution in [0, 0.1) is 0 Å². The number of likely N-dealkylation sites (N-methyl/N-ethyl adjacent to an activating group) is 1. The zero-order valence-corrected chi connectivity index (χ0v) is 9.87. The second-order valence-electron chi connectivity index (χ2n) is 4.93. The summed E-state index contributed by atoms with van der Waals surface area (Å²) < 4.78 is 5.40. The maximum Gasteiger partial charge on any atom is 0.0622 e. The second-order valence-corrected chi connectivity index (χ2v) is 4.93. The molecule has 15 heavy (non-hydrogen) atoms. The fourth-order valence-electron chi connectivity index (χ4n) is 2.63. The molecule has 1 saturated heterocycles. The van der Waals surface area contributed by atoms with Gasteiger partial charge in [0.05, 0.1) is 6.61 Å². The van der Waals surface area contributed by atoms with Gasteiger partial charge < -0.3 is 10.1 Å². The highest BCUT2D eigenvalue weighted by Gasteiger charge is 2.20. The summed E-state index contributed by atoms with van der Waals surface area (Å²) >= 11 is 0. The van der Waals surface area contributed by atoms with Crippen LogP contribution in [0.25, 0.3) is 0 Å². The Kier molecular flexibility index (Phi) is 4.42. The third-order valence-electron chi connectivity index (χ3n) is 3.78. The lowest BCUT2D eigenvalue weighted by Gasteiger charge is -2.23. The molecule has 88 valence electrons. The molecule has 1 N–H and O–H groups in total. The minimum absolute atomic E-state index is 0.662. The molecular formula is C12H24N2O. The Hall–Kier alpha value is -0.120. The molecule has 0 aromatic heterocycles. The predicted molar refractivity (Wildman–Crippen MR) is 62.1 cm³/mol. The third-order valence-corrected chi connectivity index (χ3v) is 3.78. The SMILES string of the molecule is CN(CCNC1CCCC1)C1CCOC1. The van der Waals surface area contributed by atoms with Crippen LogP contribution in [0.1, 0.15) is 32.1 Å². The summed E-state index contributed by atoms with van der Waals surface area (Å²) in [7, 11) is 2.22. The molecule has 0 bridgehead atoms. The molecule has 1 atom stereocenters. The highest BCUT2D eigenvalue weighted by molar-refractivity contribution is 4.76. The molecule has 0 amide bonds. The molecule has 0 spiro atoms. The third kappa shape index (κ3) is 3.44. The summed E-state index contributed by atoms with van der Waals surface area (Å²) in [6.45, 7) is 4.17. The van der Waals surface area contributed by atoms with Gasteiger partial charge in [-0.1, -0.05) is 12.8 Å². The minimum Gasteiger partial charge on any atom is -0.380 e. The Morgan fingerprint density at radius 1 is 1.27 bits per heavy atom. The summed E-state index contributed by atoms with van der Waals surface area (Å²) in [5, 5.41) is 3.65. The summed E-state index contributed by atoms with van der Waals surface area (Å²) in [6, 6.07) is 1.47. The summed E-state index contributed by atoms with van der Waals surface area (Å²) in [5.41, 5.74) is 0. The molecule has 3 heteroatoms. The quantitative estimate of drug-likeness (QED) is 0.742. The van der Waals surface area contributed by atoms with Crippen LogP contribution in [0.4, 0.5) is 0 Å². The summed E-state index contributed by atoms with van der Waals surface area (Å²) in [6.07, 6.45) is 6.82. The fourth-order valence-corrected chi connectivity index (χ4v) is 2.63. The maximum absolute atomic E-state index is 5.40. The Morgan fingerprint density at radius 2 is 2.07 bits per heavy atom. The number of hydrogen-bond donors (Lipinski definition) is 1. The number of rotatable bonds is 5. The van der Waals surface area contributed by atoms with Crippen molar-refractivity contribution >= 4 is 0 Å². The molecule has 0 aromatic rings. The Balaban J connectivity index is 1.56. The highest BCUT2D eigenvalue weighted by atomic mass is 16.5. The Bertz CT molecular complexity index is 174. The van der Waals surface area contributed by atoms with Crippen molar-refractivity contribution in [3.63, 3.8) is 0 Å². The van der Waals surface area contributed by atoms with E-state index in [1.54, 1.807) is 0 Å². The molecule has 1 unspecified atom stereocenters. The summed E-state index contributed by atoms with van der Waals surface area (Å²) in [4.78, 5) is 2.44. The normalized spacial score (nSPS) is 28.0. The van der Waals surface area contributed by atoms with E-state index in [2.05, 4.69) is 17.3 Å². The van der Waals surface area contributed by atoms with Gasteiger partial charge in [-0.15, -0.1) is 0 Å². The van der Waals surface area contributed by atoms with Crippen molar-refractivity contribution in [2.45, 2.75) is 44.2 Å². The van der Waals surface area contributed by atoms with Gasteiger partial charge in [-0.3, -0.25) is 4.90 Å². The lowest BCUT2D eigenvalue weighted by Crippen LogP contribution is -2.39. The summed E-state index contributed by atoms with van der Waals surface area (Å²) in [5.74, 6) is 0. The van der Waals surface area contributed by atoms with Crippen LogP contribution in [0.3, 0.4) is 0 Å². The van der Waals surface area contributed by atoms with Gasteiger partial charge in [-0.25, -0.2) is 0 Å². The molecule has 2 fully saturated rings. The van der Waals surface area contributed by atoms with E-state index in [0.29, 0.717) is 6.04 Å². The first kappa shape index (κ1) is 11.4. The second kappa shape index (κ2) is 5.83. The van der Waals surface area contributed by atoms with Crippen molar-refractivity contribution in [1.82, 2.24) is 10.2 Å². The topological polar surface area (TPSA) is 24.5 Å². The van der Waals surface area contributed by atoms with E-state index in [9.17, 15) is 0 Å². The zero-order valence-electron chi connectivity index (χ0n) is 9.87. The van der Waals surface area contributed by atoms with Crippen molar-refractivity contribution in [2.24, 2.45) is 0 Å². The van der Waals surface area contributed by atoms with Crippen LogP contribution in [0.5, 0.6) is 0 Å². The van der Waals surface area contributed by atoms with Gasteiger partial charge in [0.25, 0.3) is 0 Å². The Morgan fingerprint density at radius 3 is 2.73 bits per heavy atom. The van der Waals surface area contributed by atoms with E-state index in [1.807, 2.05) is 0 Å². The predicted octanol–water partition coefficient (Wildman–Crippen LogP) is 1.24. The van der Waals surface area contributed by atoms with E-state index >= 15 is 0 Å². The molecule has 1 heterocycles. The van der Waals surface area contributed by atoms with Gasteiger partial charge in [0.2, 0.25) is 0 Å². The van der Waals surface area contributed by atoms with Crippen LogP contribution in [0.2, 0.25) is 0 Å². The number of nitrogens with zero attached hydrogens (tertiary/aromatic N) is 1. The van der Waals surface area contributed by atoms with Crippen LogP contribution in [-0.4, -0.2) is 50.3 Å². The first-order valence-corrected chi connectivity index (χ1v) is 6.37. The molecule has 2 aliphatic rings. The number of nitrogens with one attached hydrogen (secondary N) is 1. The van der Waals surface area contributed by atoms with Crippen molar-refractivity contribution in [2.75, 3.05) is 33.4 Å². The lowest BCUT2D eigenvalue weighted by atomic mass is 10.2. The minimum atomic E-state index is 0.662. The van der Waals surface area contributed by atoms with E-state index in [1.165, 1.54) is 32.1 Å². The van der Waals surface area contributed by atoms with E-state index in [0.717, 1.165) is 32.3 Å². The van der Waals surface area contributed by atoms with Gasteiger partial charge in [-0.2, -0.15) is 0 Å². The van der Waals surface area contributed by atoms with E-state index in [4.69, 9.17) is 4.74 Å². The smallest absolute Gasteiger partial charge is 0.0622 e. The van der Waals surface area contributed by atoms with Gasteiger partial charge in [-0.05, 0) is 26.3 Å². The Labute approximate surface area is 93.2 Å². The lowest BCUT2D eigenvalue weighted by molar-refractivity contribution is 0.159. The monoisotopic (exact) mass is 212 g/mol. The van der Waals surface area contributed by atoms with Gasteiger partial charge >= 0.3 is 0 Å².